The van der Waals surface area contributed by atoms with E-state index >= 15 is 0 Å². The topological polar surface area (TPSA) is 62.5 Å². The molecule has 0 spiro atoms. The Kier molecular flexibility index (Phi) is 6.28. The van der Waals surface area contributed by atoms with E-state index in [1.165, 1.54) is 37.7 Å². The number of aromatic nitrogens is 1. The zero-order valence-corrected chi connectivity index (χ0v) is 14.4. The minimum atomic E-state index is 0.313. The van der Waals surface area contributed by atoms with Crippen molar-refractivity contribution in [3.8, 4) is 0 Å². The summed E-state index contributed by atoms with van der Waals surface area (Å²) in [5.74, 6) is 2.16. The van der Waals surface area contributed by atoms with E-state index in [9.17, 15) is 0 Å². The Morgan fingerprint density at radius 1 is 1.32 bits per heavy atom. The molecule has 124 valence electrons. The normalized spacial score (nSPS) is 18.3. The summed E-state index contributed by atoms with van der Waals surface area (Å²) in [7, 11) is 0. The van der Waals surface area contributed by atoms with Gasteiger partial charge in [-0.15, -0.1) is 0 Å². The molecule has 0 radical (unpaired) electrons. The number of aryl methyl sites for hydroxylation is 2. The standard InChI is InChI=1S/C17H30N4O/c1-5-18-17(20-15-9-7-6-8-10-15)19-11-12(2)16-13(3)21-22-14(16)4/h12,15H,5-11H2,1-4H3,(H2,18,19,20). The van der Waals surface area contributed by atoms with E-state index in [2.05, 4.69) is 29.6 Å². The van der Waals surface area contributed by atoms with Gasteiger partial charge in [0.05, 0.1) is 5.69 Å². The van der Waals surface area contributed by atoms with Gasteiger partial charge >= 0.3 is 0 Å². The van der Waals surface area contributed by atoms with Gasteiger partial charge in [-0.2, -0.15) is 0 Å². The van der Waals surface area contributed by atoms with Gasteiger partial charge in [0.15, 0.2) is 5.96 Å². The second kappa shape index (κ2) is 8.20. The van der Waals surface area contributed by atoms with Crippen molar-refractivity contribution in [1.29, 1.82) is 0 Å². The fourth-order valence-corrected chi connectivity index (χ4v) is 3.27. The number of rotatable bonds is 5. The third-order valence-corrected chi connectivity index (χ3v) is 4.39. The molecule has 0 amide bonds. The Balaban J connectivity index is 1.96. The third-order valence-electron chi connectivity index (χ3n) is 4.39. The van der Waals surface area contributed by atoms with Gasteiger partial charge in [0, 0.05) is 30.6 Å². The minimum absolute atomic E-state index is 0.313. The number of nitrogens with zero attached hydrogens (tertiary/aromatic N) is 2. The monoisotopic (exact) mass is 306 g/mol. The van der Waals surface area contributed by atoms with Crippen molar-refractivity contribution in [2.24, 2.45) is 4.99 Å². The highest BCUT2D eigenvalue weighted by atomic mass is 16.5. The highest BCUT2D eigenvalue weighted by Gasteiger charge is 2.17. The quantitative estimate of drug-likeness (QED) is 0.647. The van der Waals surface area contributed by atoms with Gasteiger partial charge in [-0.05, 0) is 33.6 Å². The minimum Gasteiger partial charge on any atom is -0.361 e. The fourth-order valence-electron chi connectivity index (χ4n) is 3.27. The first kappa shape index (κ1) is 16.8. The molecule has 0 saturated heterocycles. The average molecular weight is 306 g/mol. The van der Waals surface area contributed by atoms with Gasteiger partial charge < -0.3 is 15.2 Å². The Labute approximate surface area is 133 Å². The summed E-state index contributed by atoms with van der Waals surface area (Å²) in [4.78, 5) is 4.77. The lowest BCUT2D eigenvalue weighted by Gasteiger charge is -2.25. The Morgan fingerprint density at radius 2 is 2.05 bits per heavy atom. The summed E-state index contributed by atoms with van der Waals surface area (Å²) in [5, 5.41) is 11.0. The van der Waals surface area contributed by atoms with Gasteiger partial charge in [0.1, 0.15) is 5.76 Å². The van der Waals surface area contributed by atoms with E-state index < -0.39 is 0 Å². The average Bonchev–Trinajstić information content (AvgIpc) is 2.85. The van der Waals surface area contributed by atoms with E-state index in [-0.39, 0.29) is 0 Å². The lowest BCUT2D eigenvalue weighted by Crippen LogP contribution is -2.44. The maximum Gasteiger partial charge on any atom is 0.191 e. The highest BCUT2D eigenvalue weighted by molar-refractivity contribution is 5.80. The van der Waals surface area contributed by atoms with Crippen molar-refractivity contribution in [1.82, 2.24) is 15.8 Å². The second-order valence-electron chi connectivity index (χ2n) is 6.34. The van der Waals surface area contributed by atoms with Crippen LogP contribution in [0.5, 0.6) is 0 Å². The molecule has 0 aromatic carbocycles. The van der Waals surface area contributed by atoms with Crippen molar-refractivity contribution >= 4 is 5.96 Å². The van der Waals surface area contributed by atoms with E-state index in [1.807, 2.05) is 13.8 Å². The predicted octanol–water partition coefficient (Wildman–Crippen LogP) is 3.28. The molecule has 1 saturated carbocycles. The lowest BCUT2D eigenvalue weighted by atomic mass is 9.96. The van der Waals surface area contributed by atoms with Crippen molar-refractivity contribution in [2.75, 3.05) is 13.1 Å². The first-order valence-electron chi connectivity index (χ1n) is 8.59. The van der Waals surface area contributed by atoms with Crippen LogP contribution in [0.4, 0.5) is 0 Å². The molecule has 5 nitrogen and oxygen atoms in total. The van der Waals surface area contributed by atoms with Crippen LogP contribution in [0.3, 0.4) is 0 Å². The van der Waals surface area contributed by atoms with Crippen LogP contribution in [0.15, 0.2) is 9.52 Å². The van der Waals surface area contributed by atoms with Crippen LogP contribution < -0.4 is 10.6 Å². The fraction of sp³-hybridized carbons (Fsp3) is 0.765. The largest absolute Gasteiger partial charge is 0.361 e. The highest BCUT2D eigenvalue weighted by Crippen LogP contribution is 2.23. The molecule has 1 aliphatic rings. The Bertz CT molecular complexity index is 469. The van der Waals surface area contributed by atoms with Crippen LogP contribution in [-0.2, 0) is 0 Å². The second-order valence-corrected chi connectivity index (χ2v) is 6.34. The number of hydrogen-bond acceptors (Lipinski definition) is 3. The van der Waals surface area contributed by atoms with Crippen LogP contribution in [0.1, 0.15) is 68.9 Å². The van der Waals surface area contributed by atoms with E-state index in [1.54, 1.807) is 0 Å². The molecule has 0 bridgehead atoms. The molecule has 1 fully saturated rings. The van der Waals surface area contributed by atoms with Gasteiger partial charge in [0.2, 0.25) is 0 Å². The number of hydrogen-bond donors (Lipinski definition) is 2. The Hall–Kier alpha value is -1.52. The number of guanidine groups is 1. The van der Waals surface area contributed by atoms with Crippen molar-refractivity contribution in [3.63, 3.8) is 0 Å². The molecule has 1 unspecified atom stereocenters. The Morgan fingerprint density at radius 3 is 2.64 bits per heavy atom. The molecule has 1 atom stereocenters. The van der Waals surface area contributed by atoms with E-state index in [0.29, 0.717) is 12.0 Å². The van der Waals surface area contributed by atoms with Crippen LogP contribution in [0.2, 0.25) is 0 Å². The number of nitrogens with one attached hydrogen (secondary N) is 2. The summed E-state index contributed by atoms with van der Waals surface area (Å²) in [5.41, 5.74) is 2.17. The van der Waals surface area contributed by atoms with Crippen molar-refractivity contribution < 1.29 is 4.52 Å². The molecular weight excluding hydrogens is 276 g/mol. The van der Waals surface area contributed by atoms with Crippen LogP contribution in [0.25, 0.3) is 0 Å². The van der Waals surface area contributed by atoms with Crippen molar-refractivity contribution in [3.05, 3.63) is 17.0 Å². The summed E-state index contributed by atoms with van der Waals surface area (Å²) in [6, 6.07) is 0.570. The molecule has 5 heteroatoms. The smallest absolute Gasteiger partial charge is 0.191 e. The molecule has 1 heterocycles. The van der Waals surface area contributed by atoms with Gasteiger partial charge in [-0.3, -0.25) is 4.99 Å². The zero-order chi connectivity index (χ0) is 15.9. The first-order valence-corrected chi connectivity index (χ1v) is 8.59. The third kappa shape index (κ3) is 4.49. The summed E-state index contributed by atoms with van der Waals surface area (Å²) < 4.78 is 5.26. The molecule has 0 aliphatic heterocycles. The van der Waals surface area contributed by atoms with E-state index in [0.717, 1.165) is 30.5 Å². The first-order chi connectivity index (χ1) is 10.6. The maximum absolute atomic E-state index is 5.26. The maximum atomic E-state index is 5.26. The SMILES string of the molecule is CCNC(=NCC(C)c1c(C)noc1C)NC1CCCCC1. The van der Waals surface area contributed by atoms with Gasteiger partial charge in [0.25, 0.3) is 0 Å². The molecule has 1 aromatic heterocycles. The van der Waals surface area contributed by atoms with Gasteiger partial charge in [-0.1, -0.05) is 31.3 Å². The lowest BCUT2D eigenvalue weighted by molar-refractivity contribution is 0.391. The van der Waals surface area contributed by atoms with Crippen LogP contribution >= 0.6 is 0 Å². The summed E-state index contributed by atoms with van der Waals surface area (Å²) in [6.45, 7) is 9.89. The predicted molar refractivity (Wildman–Crippen MR) is 90.4 cm³/mol. The van der Waals surface area contributed by atoms with Crippen molar-refractivity contribution in [2.45, 2.75) is 71.8 Å². The van der Waals surface area contributed by atoms with Crippen LogP contribution in [0, 0.1) is 13.8 Å². The number of aliphatic imine (C=N–C) groups is 1. The molecule has 2 rings (SSSR count). The summed E-state index contributed by atoms with van der Waals surface area (Å²) in [6.07, 6.45) is 6.53. The van der Waals surface area contributed by atoms with E-state index in [4.69, 9.17) is 9.52 Å². The van der Waals surface area contributed by atoms with Gasteiger partial charge in [-0.25, -0.2) is 0 Å². The molecular formula is C17H30N4O. The summed E-state index contributed by atoms with van der Waals surface area (Å²) >= 11 is 0. The molecule has 22 heavy (non-hydrogen) atoms. The van der Waals surface area contributed by atoms with Crippen LogP contribution in [-0.4, -0.2) is 30.2 Å². The molecule has 1 aliphatic carbocycles. The zero-order valence-electron chi connectivity index (χ0n) is 14.4. The molecule has 1 aromatic rings. The molecule has 2 N–H and O–H groups in total.